The summed E-state index contributed by atoms with van der Waals surface area (Å²) >= 11 is 6.17. The van der Waals surface area contributed by atoms with Crippen LogP contribution in [0.1, 0.15) is 36.8 Å². The van der Waals surface area contributed by atoms with Crippen LogP contribution in [0, 0.1) is 0 Å². The molecule has 1 N–H and O–H groups in total. The zero-order valence-corrected chi connectivity index (χ0v) is 27.3. The molecule has 0 radical (unpaired) electrons. The second-order valence-electron chi connectivity index (χ2n) is 11.4. The molecule has 0 heterocycles. The molecule has 10 heteroatoms. The minimum Gasteiger partial charge on any atom is -0.497 e. The fraction of sp³-hybridized carbons (Fsp3) is 0.278. The van der Waals surface area contributed by atoms with Gasteiger partial charge in [0.1, 0.15) is 18.3 Å². The van der Waals surface area contributed by atoms with Gasteiger partial charge in [-0.3, -0.25) is 13.9 Å². The van der Waals surface area contributed by atoms with Crippen LogP contribution in [0.15, 0.2) is 114 Å². The number of benzene rings is 4. The standard InChI is InChI=1S/C36H38ClN3O5S/c1-45-32-22-20-31(21-23-32)40(46(43,44)33-14-6-3-7-15-33)26-35(41)39(25-28-16-18-29(37)19-17-28)34(24-27-10-4-2-5-11-27)36(42)38-30-12-8-9-13-30/h2-7,10-11,14-23,30,34H,8-9,12-13,24-26H2,1H3,(H,38,42)/t34-/m1/s1. The predicted molar refractivity (Wildman–Crippen MR) is 180 cm³/mol. The van der Waals surface area contributed by atoms with Crippen LogP contribution in [0.25, 0.3) is 0 Å². The third-order valence-electron chi connectivity index (χ3n) is 8.21. The first kappa shape index (κ1) is 33.0. The number of methoxy groups -OCH3 is 1. The topological polar surface area (TPSA) is 96.0 Å². The van der Waals surface area contributed by atoms with E-state index in [1.807, 2.05) is 30.3 Å². The molecule has 1 saturated carbocycles. The molecule has 2 amide bonds. The molecule has 0 saturated heterocycles. The number of carbonyl (C=O) groups is 2. The van der Waals surface area contributed by atoms with Gasteiger partial charge in [-0.05, 0) is 72.5 Å². The Kier molecular flexibility index (Phi) is 11.0. The van der Waals surface area contributed by atoms with Gasteiger partial charge in [0.2, 0.25) is 11.8 Å². The highest BCUT2D eigenvalue weighted by molar-refractivity contribution is 7.92. The van der Waals surface area contributed by atoms with Gasteiger partial charge in [-0.15, -0.1) is 0 Å². The summed E-state index contributed by atoms with van der Waals surface area (Å²) in [5, 5.41) is 3.73. The molecular formula is C36H38ClN3O5S. The molecule has 0 spiro atoms. The van der Waals surface area contributed by atoms with Crippen molar-refractivity contribution in [1.82, 2.24) is 10.2 Å². The lowest BCUT2D eigenvalue weighted by atomic mass is 10.0. The van der Waals surface area contributed by atoms with Crippen molar-refractivity contribution >= 4 is 39.1 Å². The molecule has 1 aliphatic rings. The largest absolute Gasteiger partial charge is 0.497 e. The number of amides is 2. The normalized spacial score (nSPS) is 14.0. The summed E-state index contributed by atoms with van der Waals surface area (Å²) in [6, 6.07) is 30.2. The van der Waals surface area contributed by atoms with E-state index in [0.717, 1.165) is 41.1 Å². The maximum Gasteiger partial charge on any atom is 0.264 e. The second-order valence-corrected chi connectivity index (χ2v) is 13.7. The van der Waals surface area contributed by atoms with Crippen LogP contribution in [-0.2, 0) is 32.6 Å². The van der Waals surface area contributed by atoms with Gasteiger partial charge in [-0.25, -0.2) is 8.42 Å². The number of nitrogens with zero attached hydrogens (tertiary/aromatic N) is 2. The highest BCUT2D eigenvalue weighted by Crippen LogP contribution is 2.27. The van der Waals surface area contributed by atoms with Crippen molar-refractivity contribution in [2.75, 3.05) is 18.0 Å². The average molecular weight is 660 g/mol. The highest BCUT2D eigenvalue weighted by atomic mass is 35.5. The molecule has 1 atom stereocenters. The lowest BCUT2D eigenvalue weighted by Crippen LogP contribution is -2.54. The van der Waals surface area contributed by atoms with Gasteiger partial charge in [0.25, 0.3) is 10.0 Å². The molecular weight excluding hydrogens is 622 g/mol. The van der Waals surface area contributed by atoms with Crippen molar-refractivity contribution in [3.63, 3.8) is 0 Å². The van der Waals surface area contributed by atoms with Crippen LogP contribution < -0.4 is 14.4 Å². The fourth-order valence-electron chi connectivity index (χ4n) is 5.70. The summed E-state index contributed by atoms with van der Waals surface area (Å²) in [6.07, 6.45) is 4.10. The fourth-order valence-corrected chi connectivity index (χ4v) is 7.27. The molecule has 0 aliphatic heterocycles. The highest BCUT2D eigenvalue weighted by Gasteiger charge is 2.35. The van der Waals surface area contributed by atoms with Crippen LogP contribution in [0.5, 0.6) is 5.75 Å². The van der Waals surface area contributed by atoms with Crippen LogP contribution in [0.4, 0.5) is 5.69 Å². The van der Waals surface area contributed by atoms with Gasteiger partial charge in [0.15, 0.2) is 0 Å². The Bertz CT molecular complexity index is 1700. The van der Waals surface area contributed by atoms with E-state index in [1.54, 1.807) is 66.7 Å². The lowest BCUT2D eigenvalue weighted by Gasteiger charge is -2.34. The number of hydrogen-bond donors (Lipinski definition) is 1. The number of sulfonamides is 1. The number of ether oxygens (including phenoxy) is 1. The lowest BCUT2D eigenvalue weighted by molar-refractivity contribution is -0.140. The quantitative estimate of drug-likeness (QED) is 0.183. The van der Waals surface area contributed by atoms with Gasteiger partial charge >= 0.3 is 0 Å². The first-order chi connectivity index (χ1) is 22.2. The summed E-state index contributed by atoms with van der Waals surface area (Å²) in [6.45, 7) is -0.452. The molecule has 1 aliphatic carbocycles. The number of halogens is 1. The molecule has 240 valence electrons. The molecule has 5 rings (SSSR count). The van der Waals surface area contributed by atoms with Crippen molar-refractivity contribution in [2.24, 2.45) is 0 Å². The van der Waals surface area contributed by atoms with E-state index >= 15 is 0 Å². The smallest absolute Gasteiger partial charge is 0.264 e. The molecule has 0 unspecified atom stereocenters. The number of anilines is 1. The average Bonchev–Trinajstić information content (AvgIpc) is 3.60. The van der Waals surface area contributed by atoms with Gasteiger partial charge in [-0.1, -0.05) is 85.1 Å². The van der Waals surface area contributed by atoms with E-state index in [-0.39, 0.29) is 29.8 Å². The van der Waals surface area contributed by atoms with Crippen molar-refractivity contribution in [1.29, 1.82) is 0 Å². The first-order valence-corrected chi connectivity index (χ1v) is 17.2. The van der Waals surface area contributed by atoms with Gasteiger partial charge in [0.05, 0.1) is 17.7 Å². The summed E-state index contributed by atoms with van der Waals surface area (Å²) < 4.78 is 34.6. The Morgan fingerprint density at radius 1 is 0.848 bits per heavy atom. The molecule has 1 fully saturated rings. The monoisotopic (exact) mass is 659 g/mol. The van der Waals surface area contributed by atoms with Crippen LogP contribution in [0.2, 0.25) is 5.02 Å². The third-order valence-corrected chi connectivity index (χ3v) is 10.2. The molecule has 46 heavy (non-hydrogen) atoms. The zero-order chi connectivity index (χ0) is 32.5. The second kappa shape index (κ2) is 15.3. The van der Waals surface area contributed by atoms with E-state index in [9.17, 15) is 18.0 Å². The van der Waals surface area contributed by atoms with Crippen molar-refractivity contribution in [3.8, 4) is 5.75 Å². The molecule has 0 bridgehead atoms. The minimum absolute atomic E-state index is 0.0347. The number of carbonyl (C=O) groups excluding carboxylic acids is 2. The number of nitrogens with one attached hydrogen (secondary N) is 1. The van der Waals surface area contributed by atoms with Gasteiger partial charge in [-0.2, -0.15) is 0 Å². The van der Waals surface area contributed by atoms with Crippen molar-refractivity contribution in [2.45, 2.75) is 55.6 Å². The SMILES string of the molecule is COc1ccc(N(CC(=O)N(Cc2ccc(Cl)cc2)[C@H](Cc2ccccc2)C(=O)NC2CCCC2)S(=O)(=O)c2ccccc2)cc1. The molecule has 4 aromatic carbocycles. The van der Waals surface area contributed by atoms with Crippen LogP contribution in [-0.4, -0.2) is 50.9 Å². The van der Waals surface area contributed by atoms with E-state index in [0.29, 0.717) is 16.5 Å². The molecule has 4 aromatic rings. The Morgan fingerprint density at radius 2 is 1.46 bits per heavy atom. The Morgan fingerprint density at radius 3 is 2.07 bits per heavy atom. The first-order valence-electron chi connectivity index (χ1n) is 15.3. The van der Waals surface area contributed by atoms with E-state index < -0.39 is 28.5 Å². The maximum atomic E-state index is 14.6. The Balaban J connectivity index is 1.55. The summed E-state index contributed by atoms with van der Waals surface area (Å²) in [5.41, 5.74) is 1.93. The maximum absolute atomic E-state index is 14.6. The summed E-state index contributed by atoms with van der Waals surface area (Å²) in [4.78, 5) is 30.2. The van der Waals surface area contributed by atoms with Crippen molar-refractivity contribution in [3.05, 3.63) is 125 Å². The number of hydrogen-bond acceptors (Lipinski definition) is 5. The van der Waals surface area contributed by atoms with Crippen LogP contribution in [0.3, 0.4) is 0 Å². The van der Waals surface area contributed by atoms with Gasteiger partial charge < -0.3 is 15.0 Å². The number of rotatable bonds is 13. The Labute approximate surface area is 276 Å². The van der Waals surface area contributed by atoms with E-state index in [2.05, 4.69) is 5.32 Å². The predicted octanol–water partition coefficient (Wildman–Crippen LogP) is 6.24. The van der Waals surface area contributed by atoms with Crippen LogP contribution >= 0.6 is 11.6 Å². The summed E-state index contributed by atoms with van der Waals surface area (Å²) in [5.74, 6) is -0.240. The zero-order valence-electron chi connectivity index (χ0n) is 25.7. The van der Waals surface area contributed by atoms with E-state index in [1.165, 1.54) is 24.1 Å². The van der Waals surface area contributed by atoms with Crippen molar-refractivity contribution < 1.29 is 22.7 Å². The van der Waals surface area contributed by atoms with Gasteiger partial charge in [0, 0.05) is 24.0 Å². The minimum atomic E-state index is -4.18. The summed E-state index contributed by atoms with van der Waals surface area (Å²) in [7, 11) is -2.65. The molecule has 8 nitrogen and oxygen atoms in total. The molecule has 0 aromatic heterocycles. The Hall–Kier alpha value is -4.34. The van der Waals surface area contributed by atoms with E-state index in [4.69, 9.17) is 16.3 Å². The third kappa shape index (κ3) is 8.27.